The van der Waals surface area contributed by atoms with Crippen molar-refractivity contribution in [3.05, 3.63) is 60.6 Å². The molecule has 0 aliphatic rings. The van der Waals surface area contributed by atoms with Crippen LogP contribution in [0, 0.1) is 0 Å². The van der Waals surface area contributed by atoms with Crippen LogP contribution in [0.15, 0.2) is 59.8 Å². The van der Waals surface area contributed by atoms with Crippen molar-refractivity contribution in [2.45, 2.75) is 11.3 Å². The molecule has 0 saturated carbocycles. The van der Waals surface area contributed by atoms with E-state index in [1.165, 1.54) is 0 Å². The van der Waals surface area contributed by atoms with Crippen LogP contribution >= 0.6 is 0 Å². The number of sulfonamides is 1. The molecule has 0 spiro atoms. The van der Waals surface area contributed by atoms with Crippen LogP contribution in [-0.2, 0) is 16.4 Å². The summed E-state index contributed by atoms with van der Waals surface area (Å²) < 4.78 is 34.0. The number of methoxy groups -OCH3 is 1. The first-order valence-corrected chi connectivity index (χ1v) is 8.64. The van der Waals surface area contributed by atoms with Crippen LogP contribution in [0.2, 0.25) is 0 Å². The molecule has 1 N–H and O–H groups in total. The Balaban J connectivity index is 1.70. The molecule has 0 bridgehead atoms. The summed E-state index contributed by atoms with van der Waals surface area (Å²) in [4.78, 5) is 4.74. The smallest absolute Gasteiger partial charge is 0.240 e. The average molecular weight is 331 g/mol. The minimum Gasteiger partial charge on any atom is -0.493 e. The van der Waals surface area contributed by atoms with E-state index < -0.39 is 10.0 Å². The number of ether oxygens (including phenoxy) is 1. The van der Waals surface area contributed by atoms with Crippen LogP contribution in [0.1, 0.15) is 5.69 Å². The second-order valence-electron chi connectivity index (χ2n) is 5.00. The van der Waals surface area contributed by atoms with Crippen LogP contribution in [0.5, 0.6) is 5.75 Å². The summed E-state index contributed by atoms with van der Waals surface area (Å²) in [5.74, 6) is 0.684. The van der Waals surface area contributed by atoms with Crippen molar-refractivity contribution in [3.8, 4) is 5.75 Å². The minimum atomic E-state index is -3.48. The molecule has 0 atom stereocenters. The highest BCUT2D eigenvalue weighted by Crippen LogP contribution is 2.18. The van der Waals surface area contributed by atoms with E-state index in [4.69, 9.17) is 4.74 Å². The molecular weight excluding hydrogens is 314 g/mol. The van der Waals surface area contributed by atoms with E-state index in [0.717, 1.165) is 11.3 Å². The number of imidazole rings is 1. The summed E-state index contributed by atoms with van der Waals surface area (Å²) in [6, 6.07) is 12.0. The Kier molecular flexibility index (Phi) is 4.31. The van der Waals surface area contributed by atoms with Gasteiger partial charge >= 0.3 is 0 Å². The normalized spacial score (nSPS) is 11.7. The number of rotatable bonds is 6. The standard InChI is InChI=1S/C16H17N3O3S/c1-22-15-8-5-11-19-12-13(18-16(15)19)9-10-17-23(20,21)14-6-3-2-4-7-14/h2-8,11-12,17H,9-10H2,1H3. The number of aromatic nitrogens is 2. The van der Waals surface area contributed by atoms with Gasteiger partial charge in [0.2, 0.25) is 10.0 Å². The van der Waals surface area contributed by atoms with Crippen molar-refractivity contribution >= 4 is 15.7 Å². The summed E-state index contributed by atoms with van der Waals surface area (Å²) in [7, 11) is -1.89. The van der Waals surface area contributed by atoms with Gasteiger partial charge in [0.05, 0.1) is 17.7 Å². The Bertz CT molecular complexity index is 905. The van der Waals surface area contributed by atoms with Gasteiger partial charge in [-0.15, -0.1) is 0 Å². The monoisotopic (exact) mass is 331 g/mol. The molecular formula is C16H17N3O3S. The molecule has 0 aliphatic carbocycles. The fourth-order valence-corrected chi connectivity index (χ4v) is 3.37. The van der Waals surface area contributed by atoms with Gasteiger partial charge < -0.3 is 9.14 Å². The number of pyridine rings is 1. The van der Waals surface area contributed by atoms with Crippen molar-refractivity contribution in [1.29, 1.82) is 0 Å². The Morgan fingerprint density at radius 2 is 1.96 bits per heavy atom. The van der Waals surface area contributed by atoms with Crippen molar-refractivity contribution in [2.24, 2.45) is 0 Å². The van der Waals surface area contributed by atoms with Crippen LogP contribution in [0.25, 0.3) is 5.65 Å². The fourth-order valence-electron chi connectivity index (χ4n) is 2.31. The second-order valence-corrected chi connectivity index (χ2v) is 6.77. The molecule has 2 heterocycles. The van der Waals surface area contributed by atoms with E-state index in [0.29, 0.717) is 12.2 Å². The fraction of sp³-hybridized carbons (Fsp3) is 0.188. The molecule has 0 aliphatic heterocycles. The highest BCUT2D eigenvalue weighted by Gasteiger charge is 2.13. The third-order valence-corrected chi connectivity index (χ3v) is 4.92. The maximum Gasteiger partial charge on any atom is 0.240 e. The largest absolute Gasteiger partial charge is 0.493 e. The Labute approximate surface area is 134 Å². The molecule has 3 rings (SSSR count). The lowest BCUT2D eigenvalue weighted by molar-refractivity contribution is 0.417. The molecule has 0 saturated heterocycles. The van der Waals surface area contributed by atoms with Crippen molar-refractivity contribution in [2.75, 3.05) is 13.7 Å². The van der Waals surface area contributed by atoms with Gasteiger partial charge in [0.15, 0.2) is 11.4 Å². The van der Waals surface area contributed by atoms with Gasteiger partial charge in [-0.1, -0.05) is 18.2 Å². The molecule has 6 nitrogen and oxygen atoms in total. The lowest BCUT2D eigenvalue weighted by Gasteiger charge is -2.05. The first-order valence-electron chi connectivity index (χ1n) is 7.15. The van der Waals surface area contributed by atoms with E-state index in [9.17, 15) is 8.42 Å². The van der Waals surface area contributed by atoms with Crippen molar-refractivity contribution in [1.82, 2.24) is 14.1 Å². The molecule has 1 aromatic carbocycles. The number of nitrogens with one attached hydrogen (secondary N) is 1. The van der Waals surface area contributed by atoms with E-state index in [2.05, 4.69) is 9.71 Å². The molecule has 2 aromatic heterocycles. The zero-order valence-corrected chi connectivity index (χ0v) is 13.5. The first kappa shape index (κ1) is 15.5. The predicted octanol–water partition coefficient (Wildman–Crippen LogP) is 1.86. The highest BCUT2D eigenvalue weighted by atomic mass is 32.2. The van der Waals surface area contributed by atoms with E-state index in [1.807, 2.05) is 28.9 Å². The van der Waals surface area contributed by atoms with Gasteiger partial charge in [-0.2, -0.15) is 0 Å². The number of nitrogens with zero attached hydrogens (tertiary/aromatic N) is 2. The number of hydrogen-bond acceptors (Lipinski definition) is 4. The SMILES string of the molecule is COc1cccn2cc(CCNS(=O)(=O)c3ccccc3)nc12. The Hall–Kier alpha value is -2.38. The topological polar surface area (TPSA) is 72.7 Å². The summed E-state index contributed by atoms with van der Waals surface area (Å²) >= 11 is 0. The van der Waals surface area contributed by atoms with E-state index >= 15 is 0 Å². The molecule has 0 unspecified atom stereocenters. The van der Waals surface area contributed by atoms with Crippen LogP contribution in [-0.4, -0.2) is 31.5 Å². The van der Waals surface area contributed by atoms with Crippen LogP contribution < -0.4 is 9.46 Å². The maximum absolute atomic E-state index is 12.1. The van der Waals surface area contributed by atoms with E-state index in [-0.39, 0.29) is 11.4 Å². The lowest BCUT2D eigenvalue weighted by atomic mass is 10.3. The number of fused-ring (bicyclic) bond motifs is 1. The summed E-state index contributed by atoms with van der Waals surface area (Å²) in [5, 5.41) is 0. The minimum absolute atomic E-state index is 0.261. The van der Waals surface area contributed by atoms with Gasteiger partial charge in [0, 0.05) is 25.4 Å². The van der Waals surface area contributed by atoms with Gasteiger partial charge in [0.1, 0.15) is 0 Å². The van der Waals surface area contributed by atoms with Gasteiger partial charge in [0.25, 0.3) is 0 Å². The number of hydrogen-bond donors (Lipinski definition) is 1. The molecule has 0 radical (unpaired) electrons. The zero-order valence-electron chi connectivity index (χ0n) is 12.6. The summed E-state index contributed by atoms with van der Waals surface area (Å²) in [6.45, 7) is 0.281. The van der Waals surface area contributed by atoms with Crippen molar-refractivity contribution < 1.29 is 13.2 Å². The third kappa shape index (κ3) is 3.35. The van der Waals surface area contributed by atoms with Gasteiger partial charge in [-0.3, -0.25) is 0 Å². The molecule has 120 valence electrons. The first-order chi connectivity index (χ1) is 11.1. The molecule has 23 heavy (non-hydrogen) atoms. The van der Waals surface area contributed by atoms with Gasteiger partial charge in [-0.05, 0) is 24.3 Å². The Morgan fingerprint density at radius 1 is 1.17 bits per heavy atom. The molecule has 3 aromatic rings. The number of benzene rings is 1. The lowest BCUT2D eigenvalue weighted by Crippen LogP contribution is -2.26. The average Bonchev–Trinajstić information content (AvgIpc) is 2.98. The second kappa shape index (κ2) is 6.39. The van der Waals surface area contributed by atoms with Crippen LogP contribution in [0.3, 0.4) is 0 Å². The maximum atomic E-state index is 12.1. The highest BCUT2D eigenvalue weighted by molar-refractivity contribution is 7.89. The summed E-state index contributed by atoms with van der Waals surface area (Å²) in [5.41, 5.74) is 1.51. The molecule has 7 heteroatoms. The molecule has 0 fully saturated rings. The Morgan fingerprint density at radius 3 is 2.70 bits per heavy atom. The quantitative estimate of drug-likeness (QED) is 0.748. The van der Waals surface area contributed by atoms with Crippen LogP contribution in [0.4, 0.5) is 0 Å². The van der Waals surface area contributed by atoms with Gasteiger partial charge in [-0.25, -0.2) is 18.1 Å². The summed E-state index contributed by atoms with van der Waals surface area (Å²) in [6.07, 6.45) is 4.24. The molecule has 0 amide bonds. The van der Waals surface area contributed by atoms with Crippen molar-refractivity contribution in [3.63, 3.8) is 0 Å². The zero-order chi connectivity index (χ0) is 16.3. The third-order valence-electron chi connectivity index (χ3n) is 3.44. The predicted molar refractivity (Wildman–Crippen MR) is 87.1 cm³/mol. The van der Waals surface area contributed by atoms with E-state index in [1.54, 1.807) is 37.4 Å².